The molecule has 7 rings (SSSR count). The molecule has 2 aromatic carbocycles. The summed E-state index contributed by atoms with van der Waals surface area (Å²) in [5, 5.41) is 6.77. The third-order valence-corrected chi connectivity index (χ3v) is 7.68. The van der Waals surface area contributed by atoms with E-state index < -0.39 is 5.82 Å². The maximum Gasteiger partial charge on any atom is 0.254 e. The molecule has 0 spiro atoms. The van der Waals surface area contributed by atoms with Crippen LogP contribution in [0.5, 0.6) is 0 Å². The number of aromatic nitrogens is 6. The molecule has 1 N–H and O–H groups in total. The van der Waals surface area contributed by atoms with Gasteiger partial charge in [0.25, 0.3) is 5.91 Å². The fourth-order valence-corrected chi connectivity index (χ4v) is 5.91. The zero-order chi connectivity index (χ0) is 25.8. The van der Waals surface area contributed by atoms with Crippen molar-refractivity contribution >= 4 is 16.9 Å². The van der Waals surface area contributed by atoms with E-state index in [-0.39, 0.29) is 23.8 Å². The molecule has 1 aliphatic carbocycles. The Morgan fingerprint density at radius 3 is 2.68 bits per heavy atom. The predicted molar refractivity (Wildman–Crippen MR) is 136 cm³/mol. The number of hydrogen-bond donors (Lipinski definition) is 1. The smallest absolute Gasteiger partial charge is 0.254 e. The summed E-state index contributed by atoms with van der Waals surface area (Å²) in [4.78, 5) is 28.6. The molecular formula is C28H23F2N7O. The molecule has 1 saturated carbocycles. The molecule has 1 amide bonds. The van der Waals surface area contributed by atoms with E-state index in [0.29, 0.717) is 47.0 Å². The molecule has 0 saturated heterocycles. The highest BCUT2D eigenvalue weighted by Gasteiger charge is 2.37. The lowest BCUT2D eigenvalue weighted by atomic mass is 9.89. The Labute approximate surface area is 216 Å². The number of hydrogen-bond acceptors (Lipinski definition) is 5. The minimum atomic E-state index is -0.406. The Balaban J connectivity index is 1.31. The normalized spacial score (nSPS) is 19.3. The van der Waals surface area contributed by atoms with E-state index in [1.807, 2.05) is 11.0 Å². The van der Waals surface area contributed by atoms with Crippen molar-refractivity contribution in [2.45, 2.75) is 44.3 Å². The number of carbonyl (C=O) groups excluding carboxylic acids is 1. The van der Waals surface area contributed by atoms with Crippen LogP contribution in [0, 0.1) is 11.6 Å². The quantitative estimate of drug-likeness (QED) is 0.353. The number of amides is 1. The number of rotatable bonds is 4. The van der Waals surface area contributed by atoms with Gasteiger partial charge in [-0.05, 0) is 61.6 Å². The highest BCUT2D eigenvalue weighted by atomic mass is 19.1. The Morgan fingerprint density at radius 1 is 0.974 bits per heavy atom. The number of nitrogens with zero attached hydrogens (tertiary/aromatic N) is 6. The minimum absolute atomic E-state index is 0.0294. The molecule has 38 heavy (non-hydrogen) atoms. The first-order valence-corrected chi connectivity index (χ1v) is 12.6. The van der Waals surface area contributed by atoms with Gasteiger partial charge in [0.1, 0.15) is 35.0 Å². The first kappa shape index (κ1) is 22.7. The topological polar surface area (TPSA) is 92.6 Å². The number of carbonyl (C=O) groups is 1. The summed E-state index contributed by atoms with van der Waals surface area (Å²) in [5.74, 6) is 0.162. The summed E-state index contributed by atoms with van der Waals surface area (Å²) in [7, 11) is 0. The SMILES string of the molecule is O=C1c2cc(F)ccc2CN1C1CCC[C@@H](n2c(-c3ccccc3F)nc3cnc(-c4ncn[nH]4)cc32)C1. The molecule has 2 atom stereocenters. The molecule has 190 valence electrons. The summed E-state index contributed by atoms with van der Waals surface area (Å²) >= 11 is 0. The van der Waals surface area contributed by atoms with Crippen LogP contribution in [-0.2, 0) is 6.54 Å². The van der Waals surface area contributed by atoms with E-state index in [4.69, 9.17) is 4.98 Å². The molecule has 3 aromatic heterocycles. The second-order valence-corrected chi connectivity index (χ2v) is 9.89. The highest BCUT2D eigenvalue weighted by Crippen LogP contribution is 2.40. The number of fused-ring (bicyclic) bond motifs is 2. The molecule has 2 aliphatic rings. The first-order valence-electron chi connectivity index (χ1n) is 12.6. The maximum absolute atomic E-state index is 15.0. The fraction of sp³-hybridized carbons (Fsp3) is 0.250. The van der Waals surface area contributed by atoms with Crippen LogP contribution < -0.4 is 0 Å². The molecule has 8 nitrogen and oxygen atoms in total. The number of benzene rings is 2. The largest absolute Gasteiger partial charge is 0.331 e. The number of nitrogens with one attached hydrogen (secondary N) is 1. The van der Waals surface area contributed by atoms with Gasteiger partial charge in [-0.15, -0.1) is 0 Å². The number of halogens is 2. The van der Waals surface area contributed by atoms with Crippen LogP contribution in [0.2, 0.25) is 0 Å². The van der Waals surface area contributed by atoms with Crippen molar-refractivity contribution in [3.05, 3.63) is 83.8 Å². The summed E-state index contributed by atoms with van der Waals surface area (Å²) < 4.78 is 31.0. The molecule has 0 radical (unpaired) electrons. The molecule has 1 aliphatic heterocycles. The van der Waals surface area contributed by atoms with Crippen molar-refractivity contribution in [3.63, 3.8) is 0 Å². The zero-order valence-electron chi connectivity index (χ0n) is 20.3. The summed E-state index contributed by atoms with van der Waals surface area (Å²) in [6.07, 6.45) is 6.36. The first-order chi connectivity index (χ1) is 18.6. The van der Waals surface area contributed by atoms with E-state index in [1.165, 1.54) is 24.5 Å². The molecule has 4 heterocycles. The van der Waals surface area contributed by atoms with Crippen LogP contribution in [0.4, 0.5) is 8.78 Å². The van der Waals surface area contributed by atoms with E-state index in [0.717, 1.165) is 30.3 Å². The van der Waals surface area contributed by atoms with Crippen LogP contribution in [0.3, 0.4) is 0 Å². The van der Waals surface area contributed by atoms with Crippen molar-refractivity contribution in [3.8, 4) is 22.9 Å². The zero-order valence-corrected chi connectivity index (χ0v) is 20.3. The van der Waals surface area contributed by atoms with Crippen molar-refractivity contribution in [2.24, 2.45) is 0 Å². The Kier molecular flexibility index (Phi) is 5.27. The maximum atomic E-state index is 15.0. The van der Waals surface area contributed by atoms with Gasteiger partial charge in [0, 0.05) is 24.2 Å². The van der Waals surface area contributed by atoms with Gasteiger partial charge in [-0.25, -0.2) is 18.7 Å². The van der Waals surface area contributed by atoms with Gasteiger partial charge in [0.15, 0.2) is 5.82 Å². The Morgan fingerprint density at radius 2 is 1.84 bits per heavy atom. The van der Waals surface area contributed by atoms with Crippen LogP contribution in [0.25, 0.3) is 33.9 Å². The van der Waals surface area contributed by atoms with Crippen LogP contribution in [0.1, 0.15) is 47.6 Å². The lowest BCUT2D eigenvalue weighted by Gasteiger charge is -2.36. The molecule has 10 heteroatoms. The van der Waals surface area contributed by atoms with Gasteiger partial charge < -0.3 is 9.47 Å². The number of imidazole rings is 1. The number of H-pyrrole nitrogens is 1. The van der Waals surface area contributed by atoms with Crippen LogP contribution in [0.15, 0.2) is 61.1 Å². The van der Waals surface area contributed by atoms with Crippen molar-refractivity contribution in [2.75, 3.05) is 0 Å². The lowest BCUT2D eigenvalue weighted by molar-refractivity contribution is 0.0630. The van der Waals surface area contributed by atoms with Gasteiger partial charge in [0.05, 0.1) is 17.3 Å². The average molecular weight is 512 g/mol. The van der Waals surface area contributed by atoms with Gasteiger partial charge in [0.2, 0.25) is 0 Å². The molecular weight excluding hydrogens is 488 g/mol. The van der Waals surface area contributed by atoms with Crippen LogP contribution >= 0.6 is 0 Å². The van der Waals surface area contributed by atoms with Gasteiger partial charge in [-0.1, -0.05) is 18.2 Å². The minimum Gasteiger partial charge on any atom is -0.331 e. The summed E-state index contributed by atoms with van der Waals surface area (Å²) in [5.41, 5.74) is 3.77. The number of pyridine rings is 1. The Bertz CT molecular complexity index is 1680. The predicted octanol–water partition coefficient (Wildman–Crippen LogP) is 5.30. The lowest BCUT2D eigenvalue weighted by Crippen LogP contribution is -2.39. The molecule has 5 aromatic rings. The van der Waals surface area contributed by atoms with E-state index in [1.54, 1.807) is 30.5 Å². The van der Waals surface area contributed by atoms with E-state index in [9.17, 15) is 9.18 Å². The third kappa shape index (κ3) is 3.67. The third-order valence-electron chi connectivity index (χ3n) is 7.68. The van der Waals surface area contributed by atoms with Gasteiger partial charge >= 0.3 is 0 Å². The highest BCUT2D eigenvalue weighted by molar-refractivity contribution is 5.98. The monoisotopic (exact) mass is 511 g/mol. The summed E-state index contributed by atoms with van der Waals surface area (Å²) in [6.45, 7) is 0.468. The van der Waals surface area contributed by atoms with Crippen molar-refractivity contribution < 1.29 is 13.6 Å². The standard InChI is InChI=1S/C28H23F2N7O/c29-17-9-8-16-14-36(28(38)21(16)10-17)18-4-3-5-19(11-18)37-25-12-23(26-32-15-33-35-26)31-13-24(25)34-27(37)20-6-1-2-7-22(20)30/h1-2,6-10,12-13,15,18-19H,3-5,11,14H2,(H,32,33,35)/t18?,19-/m1/s1. The second-order valence-electron chi connectivity index (χ2n) is 9.89. The molecule has 1 unspecified atom stereocenters. The van der Waals surface area contributed by atoms with Gasteiger partial charge in [-0.3, -0.25) is 14.9 Å². The second kappa shape index (κ2) is 8.83. The van der Waals surface area contributed by atoms with E-state index >= 15 is 4.39 Å². The average Bonchev–Trinajstić information content (AvgIpc) is 3.67. The van der Waals surface area contributed by atoms with Crippen molar-refractivity contribution in [1.82, 2.24) is 34.6 Å². The molecule has 1 fully saturated rings. The number of aromatic amines is 1. The van der Waals surface area contributed by atoms with Gasteiger partial charge in [-0.2, -0.15) is 5.10 Å². The summed E-state index contributed by atoms with van der Waals surface area (Å²) in [6, 6.07) is 12.9. The van der Waals surface area contributed by atoms with Crippen molar-refractivity contribution in [1.29, 1.82) is 0 Å². The molecule has 0 bridgehead atoms. The Hall–Kier alpha value is -4.47. The van der Waals surface area contributed by atoms with E-state index in [2.05, 4.69) is 24.7 Å². The van der Waals surface area contributed by atoms with Crippen LogP contribution in [-0.4, -0.2) is 46.6 Å². The fourth-order valence-electron chi connectivity index (χ4n) is 5.91.